The summed E-state index contributed by atoms with van der Waals surface area (Å²) in [5, 5.41) is 3.51. The summed E-state index contributed by atoms with van der Waals surface area (Å²) >= 11 is 0. The number of halogens is 1. The van der Waals surface area contributed by atoms with E-state index in [4.69, 9.17) is 5.73 Å². The molecule has 2 aliphatic rings. The van der Waals surface area contributed by atoms with Gasteiger partial charge in [-0.05, 0) is 64.1 Å². The van der Waals surface area contributed by atoms with Crippen molar-refractivity contribution in [3.05, 3.63) is 0 Å². The van der Waals surface area contributed by atoms with E-state index in [9.17, 15) is 4.79 Å². The van der Waals surface area contributed by atoms with E-state index in [1.807, 2.05) is 7.05 Å². The molecule has 1 amide bonds. The summed E-state index contributed by atoms with van der Waals surface area (Å²) in [6.45, 7) is 8.69. The zero-order valence-corrected chi connectivity index (χ0v) is 18.2. The Hall–Kier alpha value is -0.570. The zero-order chi connectivity index (χ0) is 17.4. The first-order chi connectivity index (χ1) is 11.6. The zero-order valence-electron chi connectivity index (χ0n) is 15.9. The lowest BCUT2D eigenvalue weighted by molar-refractivity contribution is -0.123. The normalized spacial score (nSPS) is 21.0. The molecule has 0 aromatic carbocycles. The number of carbonyl (C=O) groups is 1. The Labute approximate surface area is 170 Å². The lowest BCUT2D eigenvalue weighted by Gasteiger charge is -2.33. The van der Waals surface area contributed by atoms with Crippen LogP contribution in [0.5, 0.6) is 0 Å². The third kappa shape index (κ3) is 7.68. The number of carbonyl (C=O) groups excluding carboxylic acids is 1. The maximum absolute atomic E-state index is 11.2. The number of likely N-dealkylation sites (tertiary alicyclic amines) is 2. The van der Waals surface area contributed by atoms with E-state index in [2.05, 4.69) is 27.0 Å². The highest BCUT2D eigenvalue weighted by molar-refractivity contribution is 14.0. The first kappa shape index (κ1) is 22.5. The van der Waals surface area contributed by atoms with Crippen molar-refractivity contribution in [3.8, 4) is 0 Å². The van der Waals surface area contributed by atoms with Crippen LogP contribution in [0.15, 0.2) is 4.99 Å². The van der Waals surface area contributed by atoms with Gasteiger partial charge in [0.15, 0.2) is 5.96 Å². The topological polar surface area (TPSA) is 74.0 Å². The van der Waals surface area contributed by atoms with E-state index in [-0.39, 0.29) is 35.8 Å². The quantitative estimate of drug-likeness (QED) is 0.272. The summed E-state index contributed by atoms with van der Waals surface area (Å²) in [6.07, 6.45) is 6.71. The molecule has 0 radical (unpaired) electrons. The van der Waals surface area contributed by atoms with Crippen molar-refractivity contribution in [2.75, 3.05) is 46.3 Å². The van der Waals surface area contributed by atoms with Gasteiger partial charge in [0.2, 0.25) is 5.91 Å². The molecule has 0 unspecified atom stereocenters. The Balaban J connectivity index is 0.00000312. The van der Waals surface area contributed by atoms with Crippen LogP contribution >= 0.6 is 24.0 Å². The van der Waals surface area contributed by atoms with Crippen LogP contribution < -0.4 is 11.1 Å². The number of hydrogen-bond donors (Lipinski definition) is 2. The molecule has 0 bridgehead atoms. The molecule has 3 N–H and O–H groups in total. The molecule has 0 saturated carbocycles. The predicted molar refractivity (Wildman–Crippen MR) is 114 cm³/mol. The van der Waals surface area contributed by atoms with Gasteiger partial charge >= 0.3 is 0 Å². The number of nitrogens with zero attached hydrogens (tertiary/aromatic N) is 3. The van der Waals surface area contributed by atoms with Crippen molar-refractivity contribution in [2.45, 2.75) is 45.4 Å². The summed E-state index contributed by atoms with van der Waals surface area (Å²) in [5.41, 5.74) is 5.38. The van der Waals surface area contributed by atoms with E-state index >= 15 is 0 Å². The summed E-state index contributed by atoms with van der Waals surface area (Å²) in [6, 6.07) is 0. The predicted octanol–water partition coefficient (Wildman–Crippen LogP) is 1.89. The fourth-order valence-electron chi connectivity index (χ4n) is 3.65. The van der Waals surface area contributed by atoms with E-state index in [0.29, 0.717) is 0 Å². The Morgan fingerprint density at radius 2 is 1.76 bits per heavy atom. The second kappa shape index (κ2) is 11.9. The van der Waals surface area contributed by atoms with Gasteiger partial charge in [0.1, 0.15) is 0 Å². The van der Waals surface area contributed by atoms with Crippen LogP contribution in [0.4, 0.5) is 0 Å². The van der Waals surface area contributed by atoms with E-state index in [0.717, 1.165) is 70.4 Å². The van der Waals surface area contributed by atoms with Gasteiger partial charge in [-0.2, -0.15) is 0 Å². The second-order valence-corrected chi connectivity index (χ2v) is 7.37. The average molecular weight is 465 g/mol. The molecule has 2 fully saturated rings. The number of rotatable bonds is 6. The van der Waals surface area contributed by atoms with E-state index in [1.165, 1.54) is 19.3 Å². The molecule has 7 heteroatoms. The molecule has 0 atom stereocenters. The summed E-state index contributed by atoms with van der Waals surface area (Å²) in [4.78, 5) is 20.4. The molecule has 146 valence electrons. The van der Waals surface area contributed by atoms with E-state index < -0.39 is 0 Å². The molecular formula is C18H36IN5O. The van der Waals surface area contributed by atoms with Gasteiger partial charge in [-0.3, -0.25) is 9.79 Å². The van der Waals surface area contributed by atoms with Crippen molar-refractivity contribution in [1.82, 2.24) is 15.1 Å². The first-order valence-corrected chi connectivity index (χ1v) is 9.57. The Morgan fingerprint density at radius 1 is 1.12 bits per heavy atom. The summed E-state index contributed by atoms with van der Waals surface area (Å²) < 4.78 is 0. The monoisotopic (exact) mass is 465 g/mol. The molecule has 25 heavy (non-hydrogen) atoms. The van der Waals surface area contributed by atoms with Gasteiger partial charge in [0, 0.05) is 32.6 Å². The van der Waals surface area contributed by atoms with Crippen LogP contribution in [0, 0.1) is 11.8 Å². The van der Waals surface area contributed by atoms with Crippen LogP contribution in [0.1, 0.15) is 45.4 Å². The number of unbranched alkanes of at least 4 members (excludes halogenated alkanes) is 1. The molecule has 0 aromatic rings. The number of nitrogens with one attached hydrogen (secondary N) is 1. The molecule has 2 aliphatic heterocycles. The molecule has 0 aliphatic carbocycles. The molecule has 2 rings (SSSR count). The third-order valence-corrected chi connectivity index (χ3v) is 5.47. The molecular weight excluding hydrogens is 429 g/mol. The molecule has 2 heterocycles. The van der Waals surface area contributed by atoms with Crippen molar-refractivity contribution in [3.63, 3.8) is 0 Å². The first-order valence-electron chi connectivity index (χ1n) is 9.57. The minimum Gasteiger partial charge on any atom is -0.369 e. The lowest BCUT2D eigenvalue weighted by atomic mass is 9.96. The van der Waals surface area contributed by atoms with E-state index in [1.54, 1.807) is 0 Å². The maximum Gasteiger partial charge on any atom is 0.220 e. The number of aliphatic imine (C=N–C) groups is 1. The second-order valence-electron chi connectivity index (χ2n) is 7.37. The van der Waals surface area contributed by atoms with Crippen LogP contribution in [0.2, 0.25) is 0 Å². The number of nitrogens with two attached hydrogens (primary N) is 1. The van der Waals surface area contributed by atoms with Crippen LogP contribution in [-0.2, 0) is 4.79 Å². The van der Waals surface area contributed by atoms with Crippen molar-refractivity contribution >= 4 is 35.8 Å². The van der Waals surface area contributed by atoms with Crippen molar-refractivity contribution in [2.24, 2.45) is 22.6 Å². The Bertz CT molecular complexity index is 416. The summed E-state index contributed by atoms with van der Waals surface area (Å²) in [7, 11) is 1.88. The molecule has 6 nitrogen and oxygen atoms in total. The van der Waals surface area contributed by atoms with Gasteiger partial charge in [-0.1, -0.05) is 6.92 Å². The number of piperidine rings is 2. The molecule has 0 aromatic heterocycles. The third-order valence-electron chi connectivity index (χ3n) is 5.47. The van der Waals surface area contributed by atoms with Gasteiger partial charge in [-0.15, -0.1) is 24.0 Å². The largest absolute Gasteiger partial charge is 0.369 e. The van der Waals surface area contributed by atoms with Crippen LogP contribution in [-0.4, -0.2) is 68.0 Å². The standard InChI is InChI=1S/C18H35N5O.HI/c1-15-5-13-23(14-6-15)18(20-2)21-9-3-4-10-22-11-7-16(8-12-22)17(19)24;/h15-16H,3-14H2,1-2H3,(H2,19,24)(H,20,21);1H. The number of primary amides is 1. The minimum atomic E-state index is -0.127. The summed E-state index contributed by atoms with van der Waals surface area (Å²) in [5.74, 6) is 1.87. The number of amides is 1. The van der Waals surface area contributed by atoms with Gasteiger partial charge in [0.05, 0.1) is 0 Å². The van der Waals surface area contributed by atoms with Crippen LogP contribution in [0.25, 0.3) is 0 Å². The molecule has 2 saturated heterocycles. The number of hydrogen-bond acceptors (Lipinski definition) is 3. The number of guanidine groups is 1. The van der Waals surface area contributed by atoms with Crippen LogP contribution in [0.3, 0.4) is 0 Å². The average Bonchev–Trinajstić information content (AvgIpc) is 2.59. The van der Waals surface area contributed by atoms with Gasteiger partial charge in [0.25, 0.3) is 0 Å². The fraction of sp³-hybridized carbons (Fsp3) is 0.889. The highest BCUT2D eigenvalue weighted by Crippen LogP contribution is 2.17. The van der Waals surface area contributed by atoms with Crippen molar-refractivity contribution in [1.29, 1.82) is 0 Å². The highest BCUT2D eigenvalue weighted by Gasteiger charge is 2.22. The van der Waals surface area contributed by atoms with Crippen molar-refractivity contribution < 1.29 is 4.79 Å². The smallest absolute Gasteiger partial charge is 0.220 e. The highest BCUT2D eigenvalue weighted by atomic mass is 127. The SMILES string of the molecule is CN=C(NCCCCN1CCC(C(N)=O)CC1)N1CCC(C)CC1.I. The maximum atomic E-state index is 11.2. The van der Waals surface area contributed by atoms with Gasteiger partial charge in [-0.25, -0.2) is 0 Å². The molecule has 0 spiro atoms. The minimum absolute atomic E-state index is 0. The Morgan fingerprint density at radius 3 is 2.32 bits per heavy atom. The van der Waals surface area contributed by atoms with Gasteiger partial charge < -0.3 is 20.9 Å². The Kier molecular flexibility index (Phi) is 10.7. The lowest BCUT2D eigenvalue weighted by Crippen LogP contribution is -2.45. The fourth-order valence-corrected chi connectivity index (χ4v) is 3.65.